The maximum absolute atomic E-state index is 9.15. The van der Waals surface area contributed by atoms with Gasteiger partial charge in [-0.1, -0.05) is 6.92 Å². The number of hydrogen-bond donors (Lipinski definition) is 2. The van der Waals surface area contributed by atoms with Crippen LogP contribution in [-0.2, 0) is 0 Å². The average molecular weight is 257 g/mol. The molecule has 2 N–H and O–H groups in total. The molecular formula is C14H31N3O. The van der Waals surface area contributed by atoms with Crippen molar-refractivity contribution in [1.82, 2.24) is 15.1 Å². The van der Waals surface area contributed by atoms with E-state index in [4.69, 9.17) is 5.11 Å². The third-order valence-electron chi connectivity index (χ3n) is 3.69. The zero-order valence-electron chi connectivity index (χ0n) is 12.4. The Morgan fingerprint density at radius 1 is 1.44 bits per heavy atom. The highest BCUT2D eigenvalue weighted by Gasteiger charge is 2.26. The Morgan fingerprint density at radius 2 is 2.22 bits per heavy atom. The van der Waals surface area contributed by atoms with Crippen molar-refractivity contribution < 1.29 is 5.11 Å². The first kappa shape index (κ1) is 15.9. The lowest BCUT2D eigenvalue weighted by Crippen LogP contribution is -2.46. The van der Waals surface area contributed by atoms with E-state index >= 15 is 0 Å². The van der Waals surface area contributed by atoms with Gasteiger partial charge in [-0.25, -0.2) is 0 Å². The van der Waals surface area contributed by atoms with Crippen molar-refractivity contribution in [1.29, 1.82) is 0 Å². The van der Waals surface area contributed by atoms with Gasteiger partial charge in [0.2, 0.25) is 0 Å². The number of aliphatic hydroxyl groups excluding tert-OH is 1. The monoisotopic (exact) mass is 257 g/mol. The van der Waals surface area contributed by atoms with Crippen LogP contribution in [0, 0.1) is 0 Å². The van der Waals surface area contributed by atoms with E-state index in [1.54, 1.807) is 0 Å². The fourth-order valence-corrected chi connectivity index (χ4v) is 2.81. The molecule has 0 aliphatic carbocycles. The molecule has 0 radical (unpaired) electrons. The largest absolute Gasteiger partial charge is 0.396 e. The van der Waals surface area contributed by atoms with Crippen LogP contribution in [0.5, 0.6) is 0 Å². The first-order valence-corrected chi connectivity index (χ1v) is 7.40. The van der Waals surface area contributed by atoms with E-state index in [0.717, 1.165) is 32.5 Å². The van der Waals surface area contributed by atoms with Crippen molar-refractivity contribution in [3.63, 3.8) is 0 Å². The Balaban J connectivity index is 2.40. The number of likely N-dealkylation sites (tertiary alicyclic amines) is 1. The van der Waals surface area contributed by atoms with Crippen LogP contribution >= 0.6 is 0 Å². The summed E-state index contributed by atoms with van der Waals surface area (Å²) in [5.74, 6) is 0. The van der Waals surface area contributed by atoms with Crippen LogP contribution in [0.1, 0.15) is 32.6 Å². The standard InChI is InChI=1S/C14H31N3O/c1-4-8-15-13(7-10-18)11-17-9-5-6-14(17)12-16(2)3/h13-15,18H,4-12H2,1-3H3. The fraction of sp³-hybridized carbons (Fsp3) is 1.00. The smallest absolute Gasteiger partial charge is 0.0446 e. The predicted molar refractivity (Wildman–Crippen MR) is 76.9 cm³/mol. The van der Waals surface area contributed by atoms with E-state index in [2.05, 4.69) is 36.1 Å². The minimum Gasteiger partial charge on any atom is -0.396 e. The number of hydrogen-bond acceptors (Lipinski definition) is 4. The van der Waals surface area contributed by atoms with E-state index in [-0.39, 0.29) is 6.61 Å². The Bertz CT molecular complexity index is 211. The zero-order valence-corrected chi connectivity index (χ0v) is 12.4. The van der Waals surface area contributed by atoms with E-state index in [1.165, 1.54) is 19.4 Å². The van der Waals surface area contributed by atoms with Gasteiger partial charge < -0.3 is 15.3 Å². The van der Waals surface area contributed by atoms with Crippen LogP contribution in [-0.4, -0.2) is 73.9 Å². The second kappa shape index (κ2) is 8.86. The molecule has 0 bridgehead atoms. The average Bonchev–Trinajstić information content (AvgIpc) is 2.73. The summed E-state index contributed by atoms with van der Waals surface area (Å²) in [6.07, 6.45) is 4.66. The van der Waals surface area contributed by atoms with E-state index in [9.17, 15) is 0 Å². The van der Waals surface area contributed by atoms with Gasteiger partial charge >= 0.3 is 0 Å². The van der Waals surface area contributed by atoms with Crippen LogP contribution in [0.2, 0.25) is 0 Å². The topological polar surface area (TPSA) is 38.7 Å². The Hall–Kier alpha value is -0.160. The third-order valence-corrected chi connectivity index (χ3v) is 3.69. The summed E-state index contributed by atoms with van der Waals surface area (Å²) >= 11 is 0. The maximum atomic E-state index is 9.15. The van der Waals surface area contributed by atoms with Gasteiger partial charge in [-0.2, -0.15) is 0 Å². The van der Waals surface area contributed by atoms with Crippen LogP contribution in [0.3, 0.4) is 0 Å². The molecule has 4 heteroatoms. The molecule has 1 saturated heterocycles. The molecule has 2 atom stereocenters. The molecule has 1 fully saturated rings. The first-order chi connectivity index (χ1) is 8.67. The van der Waals surface area contributed by atoms with Crippen LogP contribution in [0.25, 0.3) is 0 Å². The fourth-order valence-electron chi connectivity index (χ4n) is 2.81. The molecule has 0 aromatic carbocycles. The summed E-state index contributed by atoms with van der Waals surface area (Å²) in [6, 6.07) is 1.14. The lowest BCUT2D eigenvalue weighted by Gasteiger charge is -2.30. The highest BCUT2D eigenvalue weighted by molar-refractivity contribution is 4.84. The summed E-state index contributed by atoms with van der Waals surface area (Å²) in [5, 5.41) is 12.7. The molecule has 0 aromatic heterocycles. The first-order valence-electron chi connectivity index (χ1n) is 7.40. The number of rotatable bonds is 9. The van der Waals surface area contributed by atoms with Crippen molar-refractivity contribution >= 4 is 0 Å². The molecule has 108 valence electrons. The van der Waals surface area contributed by atoms with Crippen molar-refractivity contribution in [2.45, 2.75) is 44.7 Å². The molecule has 1 heterocycles. The van der Waals surface area contributed by atoms with Crippen molar-refractivity contribution in [2.75, 3.05) is 46.9 Å². The number of nitrogens with one attached hydrogen (secondary N) is 1. The third kappa shape index (κ3) is 5.65. The summed E-state index contributed by atoms with van der Waals surface area (Å²) in [5.41, 5.74) is 0. The molecule has 2 unspecified atom stereocenters. The lowest BCUT2D eigenvalue weighted by molar-refractivity contribution is 0.174. The minimum absolute atomic E-state index is 0.285. The van der Waals surface area contributed by atoms with Crippen LogP contribution < -0.4 is 5.32 Å². The van der Waals surface area contributed by atoms with Gasteiger partial charge in [0.1, 0.15) is 0 Å². The minimum atomic E-state index is 0.285. The molecule has 1 aliphatic rings. The molecule has 1 aliphatic heterocycles. The lowest BCUT2D eigenvalue weighted by atomic mass is 10.1. The molecule has 0 saturated carbocycles. The van der Waals surface area contributed by atoms with Gasteiger partial charge in [-0.05, 0) is 52.9 Å². The van der Waals surface area contributed by atoms with E-state index < -0.39 is 0 Å². The number of nitrogens with zero attached hydrogens (tertiary/aromatic N) is 2. The predicted octanol–water partition coefficient (Wildman–Crippen LogP) is 0.763. The molecular weight excluding hydrogens is 226 g/mol. The van der Waals surface area contributed by atoms with Gasteiger partial charge in [-0.15, -0.1) is 0 Å². The number of aliphatic hydroxyl groups is 1. The van der Waals surface area contributed by atoms with E-state index in [1.807, 2.05) is 0 Å². The van der Waals surface area contributed by atoms with Crippen molar-refractivity contribution in [2.24, 2.45) is 0 Å². The second-order valence-corrected chi connectivity index (χ2v) is 5.72. The van der Waals surface area contributed by atoms with Gasteiger partial charge in [0.25, 0.3) is 0 Å². The van der Waals surface area contributed by atoms with Gasteiger partial charge in [-0.3, -0.25) is 4.90 Å². The number of likely N-dealkylation sites (N-methyl/N-ethyl adjacent to an activating group) is 1. The normalized spacial score (nSPS) is 22.8. The molecule has 0 amide bonds. The summed E-state index contributed by atoms with van der Waals surface area (Å²) in [4.78, 5) is 4.88. The Kier molecular flexibility index (Phi) is 7.82. The zero-order chi connectivity index (χ0) is 13.4. The summed E-state index contributed by atoms with van der Waals surface area (Å²) < 4.78 is 0. The van der Waals surface area contributed by atoms with Gasteiger partial charge in [0.15, 0.2) is 0 Å². The molecule has 1 rings (SSSR count). The van der Waals surface area contributed by atoms with Crippen molar-refractivity contribution in [3.8, 4) is 0 Å². The maximum Gasteiger partial charge on any atom is 0.0446 e. The Morgan fingerprint density at radius 3 is 2.83 bits per heavy atom. The van der Waals surface area contributed by atoms with Crippen molar-refractivity contribution in [3.05, 3.63) is 0 Å². The van der Waals surface area contributed by atoms with Crippen LogP contribution in [0.4, 0.5) is 0 Å². The molecule has 4 nitrogen and oxygen atoms in total. The molecule has 0 spiro atoms. The highest BCUT2D eigenvalue weighted by atomic mass is 16.3. The van der Waals surface area contributed by atoms with E-state index in [0.29, 0.717) is 12.1 Å². The summed E-state index contributed by atoms with van der Waals surface area (Å²) in [6.45, 7) is 6.98. The van der Waals surface area contributed by atoms with Gasteiger partial charge in [0, 0.05) is 31.8 Å². The Labute approximate surface area is 112 Å². The quantitative estimate of drug-likeness (QED) is 0.640. The van der Waals surface area contributed by atoms with Gasteiger partial charge in [0.05, 0.1) is 0 Å². The highest BCUT2D eigenvalue weighted by Crippen LogP contribution is 2.18. The van der Waals surface area contributed by atoms with Crippen LogP contribution in [0.15, 0.2) is 0 Å². The molecule has 18 heavy (non-hydrogen) atoms. The summed E-state index contributed by atoms with van der Waals surface area (Å²) in [7, 11) is 4.30. The SMILES string of the molecule is CCCNC(CCO)CN1CCCC1CN(C)C. The molecule has 0 aromatic rings. The second-order valence-electron chi connectivity index (χ2n) is 5.72.